The van der Waals surface area contributed by atoms with Gasteiger partial charge in [-0.15, -0.1) is 0 Å². The first-order valence-electron chi connectivity index (χ1n) is 8.74. The first-order chi connectivity index (χ1) is 13.9. The smallest absolute Gasteiger partial charge is 0.359 e. The molecule has 2 aromatic carbocycles. The van der Waals surface area contributed by atoms with Crippen molar-refractivity contribution in [2.45, 2.75) is 6.92 Å². The normalized spacial score (nSPS) is 14.7. The van der Waals surface area contributed by atoms with Gasteiger partial charge in [-0.3, -0.25) is 4.79 Å². The number of carboxylic acids is 1. The molecule has 0 spiro atoms. The van der Waals surface area contributed by atoms with Crippen LogP contribution in [0.5, 0.6) is 5.75 Å². The molecule has 1 aliphatic heterocycles. The van der Waals surface area contributed by atoms with Crippen LogP contribution in [0.4, 0.5) is 5.69 Å². The van der Waals surface area contributed by atoms with Crippen LogP contribution in [0.2, 0.25) is 0 Å². The third-order valence-electron chi connectivity index (χ3n) is 4.13. The number of hydrogen-bond donors (Lipinski definition) is 1. The molecule has 1 heterocycles. The Morgan fingerprint density at radius 1 is 1.10 bits per heavy atom. The summed E-state index contributed by atoms with van der Waals surface area (Å²) >= 11 is 0. The van der Waals surface area contributed by atoms with Crippen LogP contribution in [0.3, 0.4) is 0 Å². The molecule has 0 aliphatic carbocycles. The van der Waals surface area contributed by atoms with E-state index < -0.39 is 17.8 Å². The van der Waals surface area contributed by atoms with Gasteiger partial charge in [-0.05, 0) is 55.0 Å². The van der Waals surface area contributed by atoms with Gasteiger partial charge in [0.05, 0.1) is 30.5 Å². The highest BCUT2D eigenvalue weighted by Gasteiger charge is 2.36. The largest absolute Gasteiger partial charge is 0.497 e. The lowest BCUT2D eigenvalue weighted by atomic mass is 10.1. The Kier molecular flexibility index (Phi) is 5.73. The molecule has 0 aromatic heterocycles. The maximum atomic E-state index is 13.0. The summed E-state index contributed by atoms with van der Waals surface area (Å²) < 4.78 is 10.1. The minimum atomic E-state index is -1.08. The summed E-state index contributed by atoms with van der Waals surface area (Å²) in [4.78, 5) is 36.3. The first kappa shape index (κ1) is 19.8. The van der Waals surface area contributed by atoms with Crippen LogP contribution in [-0.2, 0) is 14.3 Å². The Bertz CT molecular complexity index is 1010. The fourth-order valence-electron chi connectivity index (χ4n) is 2.68. The topological polar surface area (TPSA) is 106 Å². The molecule has 1 N–H and O–H groups in total. The van der Waals surface area contributed by atoms with Crippen molar-refractivity contribution in [2.75, 3.05) is 18.7 Å². The van der Waals surface area contributed by atoms with Crippen LogP contribution < -0.4 is 9.75 Å². The van der Waals surface area contributed by atoms with Crippen LogP contribution >= 0.6 is 0 Å². The first-order valence-corrected chi connectivity index (χ1v) is 8.74. The van der Waals surface area contributed by atoms with E-state index in [1.165, 1.54) is 24.3 Å². The summed E-state index contributed by atoms with van der Waals surface area (Å²) in [5, 5.41) is 14.2. The van der Waals surface area contributed by atoms with Crippen LogP contribution in [0.1, 0.15) is 22.8 Å². The molecular formula is C21H18N2O6. The van der Waals surface area contributed by atoms with Crippen molar-refractivity contribution < 1.29 is 29.0 Å². The van der Waals surface area contributed by atoms with E-state index in [9.17, 15) is 14.4 Å². The second kappa shape index (κ2) is 8.39. The molecular weight excluding hydrogens is 376 g/mol. The molecule has 0 saturated heterocycles. The molecule has 0 bridgehead atoms. The number of amides is 1. The molecule has 148 valence electrons. The number of esters is 1. The maximum absolute atomic E-state index is 13.0. The quantitative estimate of drug-likeness (QED) is 0.597. The Morgan fingerprint density at radius 2 is 1.76 bits per heavy atom. The molecule has 0 radical (unpaired) electrons. The Balaban J connectivity index is 1.99. The highest BCUT2D eigenvalue weighted by molar-refractivity contribution is 6.54. The molecule has 3 rings (SSSR count). The monoisotopic (exact) mass is 394 g/mol. The lowest BCUT2D eigenvalue weighted by molar-refractivity contribution is -0.135. The second-order valence-electron chi connectivity index (χ2n) is 5.97. The number of benzene rings is 2. The number of ether oxygens (including phenoxy) is 2. The lowest BCUT2D eigenvalue weighted by Gasteiger charge is -2.11. The van der Waals surface area contributed by atoms with Gasteiger partial charge in [-0.25, -0.2) is 9.59 Å². The van der Waals surface area contributed by atoms with E-state index in [4.69, 9.17) is 14.6 Å². The van der Waals surface area contributed by atoms with Gasteiger partial charge in [0, 0.05) is 0 Å². The second-order valence-corrected chi connectivity index (χ2v) is 5.97. The molecule has 8 nitrogen and oxygen atoms in total. The van der Waals surface area contributed by atoms with Gasteiger partial charge in [-0.1, -0.05) is 12.1 Å². The molecule has 0 unspecified atom stereocenters. The summed E-state index contributed by atoms with van der Waals surface area (Å²) in [5.41, 5.74) is 1.05. The number of methoxy groups -OCH3 is 1. The van der Waals surface area contributed by atoms with E-state index in [2.05, 4.69) is 5.10 Å². The van der Waals surface area contributed by atoms with Crippen molar-refractivity contribution >= 4 is 35.3 Å². The van der Waals surface area contributed by atoms with Gasteiger partial charge in [0.15, 0.2) is 5.71 Å². The standard InChI is InChI=1S/C21H18N2O6/c1-3-29-21(27)18-17(12-13-4-10-16(28-2)11-5-13)19(24)23(22-18)15-8-6-14(7-9-15)20(25)26/h4-12H,3H2,1-2H3,(H,25,26)/b17-12-. The minimum Gasteiger partial charge on any atom is -0.497 e. The molecule has 1 aliphatic rings. The number of rotatable bonds is 6. The van der Waals surface area contributed by atoms with E-state index in [-0.39, 0.29) is 23.5 Å². The van der Waals surface area contributed by atoms with E-state index in [1.807, 2.05) is 0 Å². The fourth-order valence-corrected chi connectivity index (χ4v) is 2.68. The number of nitrogens with zero attached hydrogens (tertiary/aromatic N) is 2. The SMILES string of the molecule is CCOC(=O)C1=NN(c2ccc(C(=O)O)cc2)C(=O)/C1=C\c1ccc(OC)cc1. The third kappa shape index (κ3) is 4.16. The number of carboxylic acid groups (broad SMARTS) is 1. The molecule has 1 amide bonds. The average Bonchev–Trinajstić information content (AvgIpc) is 3.05. The van der Waals surface area contributed by atoms with E-state index in [0.29, 0.717) is 17.0 Å². The van der Waals surface area contributed by atoms with Crippen molar-refractivity contribution in [3.63, 3.8) is 0 Å². The Hall–Kier alpha value is -3.94. The van der Waals surface area contributed by atoms with Crippen molar-refractivity contribution in [2.24, 2.45) is 5.10 Å². The van der Waals surface area contributed by atoms with E-state index in [1.54, 1.807) is 44.4 Å². The molecule has 0 saturated carbocycles. The number of hydrogen-bond acceptors (Lipinski definition) is 6. The van der Waals surface area contributed by atoms with Gasteiger partial charge in [0.1, 0.15) is 5.75 Å². The van der Waals surface area contributed by atoms with Gasteiger partial charge in [0.25, 0.3) is 5.91 Å². The summed E-state index contributed by atoms with van der Waals surface area (Å²) in [6.45, 7) is 1.79. The Labute approximate surface area is 166 Å². The zero-order valence-corrected chi connectivity index (χ0v) is 15.8. The lowest BCUT2D eigenvalue weighted by Crippen LogP contribution is -2.23. The summed E-state index contributed by atoms with van der Waals surface area (Å²) in [5.74, 6) is -1.67. The predicted molar refractivity (Wildman–Crippen MR) is 106 cm³/mol. The minimum absolute atomic E-state index is 0.0731. The third-order valence-corrected chi connectivity index (χ3v) is 4.13. The van der Waals surface area contributed by atoms with Gasteiger partial charge >= 0.3 is 11.9 Å². The van der Waals surface area contributed by atoms with Gasteiger partial charge in [-0.2, -0.15) is 10.1 Å². The van der Waals surface area contributed by atoms with Crippen molar-refractivity contribution in [3.05, 3.63) is 65.2 Å². The van der Waals surface area contributed by atoms with E-state index >= 15 is 0 Å². The average molecular weight is 394 g/mol. The van der Waals surface area contributed by atoms with Crippen LogP contribution in [-0.4, -0.2) is 42.4 Å². The molecule has 2 aromatic rings. The zero-order chi connectivity index (χ0) is 21.0. The summed E-state index contributed by atoms with van der Waals surface area (Å²) in [6, 6.07) is 12.6. The number of anilines is 1. The molecule has 8 heteroatoms. The fraction of sp³-hybridized carbons (Fsp3) is 0.143. The number of carbonyl (C=O) groups excluding carboxylic acids is 2. The van der Waals surface area contributed by atoms with Crippen LogP contribution in [0, 0.1) is 0 Å². The highest BCUT2D eigenvalue weighted by atomic mass is 16.5. The van der Waals surface area contributed by atoms with E-state index in [0.717, 1.165) is 5.01 Å². The maximum Gasteiger partial charge on any atom is 0.359 e. The van der Waals surface area contributed by atoms with Gasteiger partial charge in [0.2, 0.25) is 0 Å². The number of carbonyl (C=O) groups is 3. The van der Waals surface area contributed by atoms with Crippen LogP contribution in [0.15, 0.2) is 59.2 Å². The van der Waals surface area contributed by atoms with Crippen molar-refractivity contribution in [3.8, 4) is 5.75 Å². The predicted octanol–water partition coefficient (Wildman–Crippen LogP) is 2.74. The summed E-state index contributed by atoms with van der Waals surface area (Å²) in [6.07, 6.45) is 1.54. The van der Waals surface area contributed by atoms with Gasteiger partial charge < -0.3 is 14.6 Å². The number of aromatic carboxylic acids is 1. The molecule has 0 fully saturated rings. The highest BCUT2D eigenvalue weighted by Crippen LogP contribution is 2.26. The van der Waals surface area contributed by atoms with Crippen molar-refractivity contribution in [1.82, 2.24) is 0 Å². The van der Waals surface area contributed by atoms with Crippen molar-refractivity contribution in [1.29, 1.82) is 0 Å². The Morgan fingerprint density at radius 3 is 2.31 bits per heavy atom. The number of hydrazone groups is 1. The van der Waals surface area contributed by atoms with Crippen LogP contribution in [0.25, 0.3) is 6.08 Å². The molecule has 29 heavy (non-hydrogen) atoms. The summed E-state index contributed by atoms with van der Waals surface area (Å²) in [7, 11) is 1.55. The zero-order valence-electron chi connectivity index (χ0n) is 15.8. The molecule has 0 atom stereocenters.